The molecule has 4 aromatic carbocycles. The summed E-state index contributed by atoms with van der Waals surface area (Å²) in [5, 5.41) is 82.2. The van der Waals surface area contributed by atoms with E-state index >= 15 is 0 Å². The molecule has 5 aromatic heterocycles. The number of likely N-dealkylation sites (tertiary alicyclic amines) is 2. The third kappa shape index (κ3) is 32.9. The second-order valence-electron chi connectivity index (χ2n) is 43.1. The van der Waals surface area contributed by atoms with E-state index < -0.39 is 0 Å². The fourth-order valence-corrected chi connectivity index (χ4v) is 17.5. The van der Waals surface area contributed by atoms with Gasteiger partial charge in [-0.05, 0) is 212 Å². The summed E-state index contributed by atoms with van der Waals surface area (Å²) in [6, 6.07) is 33.0. The zero-order valence-corrected chi connectivity index (χ0v) is 89.2. The summed E-state index contributed by atoms with van der Waals surface area (Å²) < 4.78 is 6.04. The van der Waals surface area contributed by atoms with Crippen molar-refractivity contribution in [3.63, 3.8) is 0 Å². The maximum absolute atomic E-state index is 12.2. The lowest BCUT2D eigenvalue weighted by atomic mass is 9.93. The van der Waals surface area contributed by atoms with Gasteiger partial charge in [-0.1, -0.05) is 127 Å². The van der Waals surface area contributed by atoms with E-state index in [9.17, 15) is 35.4 Å². The zero-order chi connectivity index (χ0) is 104. The maximum atomic E-state index is 12.2. The van der Waals surface area contributed by atoms with Crippen molar-refractivity contribution in [2.24, 2.45) is 27.1 Å². The number of aromatic amines is 1. The van der Waals surface area contributed by atoms with Crippen molar-refractivity contribution in [3.05, 3.63) is 140 Å². The van der Waals surface area contributed by atoms with Gasteiger partial charge in [0.05, 0.1) is 6.61 Å². The smallest absolute Gasteiger partial charge is 0.320 e. The molecule has 12 rings (SSSR count). The molecule has 3 aliphatic heterocycles. The number of nitrogens with zero attached hydrogens (tertiary/aromatic N) is 21. The van der Waals surface area contributed by atoms with Crippen LogP contribution in [0.4, 0.5) is 87.1 Å². The molecule has 37 nitrogen and oxygen atoms in total. The van der Waals surface area contributed by atoms with Gasteiger partial charge in [-0.2, -0.15) is 66.0 Å². The number of aryl methyl sites for hydroxylation is 4. The van der Waals surface area contributed by atoms with E-state index in [0.29, 0.717) is 165 Å². The standard InChI is InChI=1S/C27H40N8O.C27H42N8O.C27H39N7O2.C24H32N10/c1-18-10-11-19(25(36)29-5)15-22(18)31-23-21(16-28)24(35(7)17-27(2,3)4)33-26(32-23)30-13-12-20-9-8-14-34(20)6;1-18-11-12-19(24(36)29-7)13-21(18)31-22-20(14-28)23(35(10)16-26(2,3)4)33-25(32-22)30-15-27(5,6)17-34(8)9;1-18-10-11-19(25(35)29-5)15-22(18)30-23-21(16-28)24(34(7)17-27(2,3)4)32-26(31-23)36-14-12-20-9-8-13-33(20)6;1-15-6-7-16(20-27-14-28-33-20)10-19(15)30-21-18(11-25)22(34(5)13-24(2,3)4)32-23(31-21)29-17-8-9-26-12-17/h10-11,15,20H,8-9,12-14,17H2,1-7H3,(H,29,36)(H2,30,31,32,33);11-13H,15-17H2,1-10H3,(H,29,36)(H2,30,31,32,33);10-11,15,20H,8-9,12-14,17H2,1-7H3,(H,29,35)(H,30,31,32);6-7,10,14,17,26H,8-9,12-13H2,1-5H3,(H,27,28,33)(H2,29,30,31,32)/t;;;17-/m...1/s1. The first-order valence-electron chi connectivity index (χ1n) is 48.7. The van der Waals surface area contributed by atoms with E-state index in [1.807, 2.05) is 112 Å². The summed E-state index contributed by atoms with van der Waals surface area (Å²) in [4.78, 5) is 93.4. The summed E-state index contributed by atoms with van der Waals surface area (Å²) in [6.45, 7) is 47.7. The topological polar surface area (TPSA) is 455 Å². The van der Waals surface area contributed by atoms with Gasteiger partial charge in [-0.25, -0.2) is 4.98 Å². The number of ether oxygens (including phenoxy) is 1. The molecule has 2 unspecified atom stereocenters. The number of amides is 3. The normalized spacial score (nSPS) is 14.8. The van der Waals surface area contributed by atoms with Crippen LogP contribution in [0.3, 0.4) is 0 Å². The van der Waals surface area contributed by atoms with Gasteiger partial charge in [0.2, 0.25) is 17.8 Å². The van der Waals surface area contributed by atoms with Crippen LogP contribution in [0.5, 0.6) is 6.01 Å². The van der Waals surface area contributed by atoms with Gasteiger partial charge >= 0.3 is 6.01 Å². The highest BCUT2D eigenvalue weighted by atomic mass is 16.5. The van der Waals surface area contributed by atoms with Gasteiger partial charge in [-0.15, -0.1) is 0 Å². The highest BCUT2D eigenvalue weighted by Gasteiger charge is 2.32. The van der Waals surface area contributed by atoms with E-state index in [2.05, 4.69) is 248 Å². The molecule has 8 heterocycles. The van der Waals surface area contributed by atoms with Crippen LogP contribution in [0, 0.1) is 100 Å². The SMILES string of the molecule is CNC(=O)c1ccc(C)c(Nc2nc(NCC(C)(C)CN(C)C)nc(N(C)CC(C)(C)C)c2C#N)c1.CNC(=O)c1ccc(C)c(Nc2nc(NCCC3CCCN3C)nc(N(C)CC(C)(C)C)c2C#N)c1.CNC(=O)c1ccc(C)c(Nc2nc(OCCC3CCCN3C)nc(N(C)CC(C)(C)C)c2C#N)c1.Cc1ccc(-c2ncn[nH]2)cc1Nc1nc(N[C@@H]2CCNC2)nc(N(C)CC(C)(C)C)c1C#N. The molecule has 0 radical (unpaired) electrons. The third-order valence-corrected chi connectivity index (χ3v) is 24.0. The average Bonchev–Trinajstić information content (AvgIpc) is 0.903. The lowest BCUT2D eigenvalue weighted by molar-refractivity contribution is 0.0955. The van der Waals surface area contributed by atoms with Crippen LogP contribution in [-0.4, -0.2) is 262 Å². The van der Waals surface area contributed by atoms with Crippen LogP contribution in [0.1, 0.15) is 217 Å². The third-order valence-electron chi connectivity index (χ3n) is 24.0. The lowest BCUT2D eigenvalue weighted by Crippen LogP contribution is -2.35. The molecule has 0 aliphatic carbocycles. The Morgan fingerprint density at radius 3 is 1.20 bits per heavy atom. The fraction of sp³-hybridized carbons (Fsp3) is 0.533. The number of nitrogens with one attached hydrogen (secondary N) is 12. The highest BCUT2D eigenvalue weighted by Crippen LogP contribution is 2.39. The van der Waals surface area contributed by atoms with Gasteiger partial charge in [-0.3, -0.25) is 19.5 Å². The summed E-state index contributed by atoms with van der Waals surface area (Å²) >= 11 is 0. The summed E-state index contributed by atoms with van der Waals surface area (Å²) in [5.74, 6) is 5.45. The number of carbonyl (C=O) groups excluding carboxylic acids is 3. The lowest BCUT2D eigenvalue weighted by Gasteiger charge is -2.30. The summed E-state index contributed by atoms with van der Waals surface area (Å²) in [5.41, 5.74) is 10.7. The molecule has 0 saturated carbocycles. The van der Waals surface area contributed by atoms with E-state index in [-0.39, 0.29) is 56.8 Å². The van der Waals surface area contributed by atoms with Crippen molar-refractivity contribution in [2.75, 3.05) is 213 Å². The Morgan fingerprint density at radius 2 is 0.838 bits per heavy atom. The molecule has 3 saturated heterocycles. The molecule has 142 heavy (non-hydrogen) atoms. The molecule has 0 bridgehead atoms. The number of nitriles is 4. The van der Waals surface area contributed by atoms with Crippen LogP contribution < -0.4 is 82.8 Å². The summed E-state index contributed by atoms with van der Waals surface area (Å²) in [6.07, 6.45) is 9.19. The first-order valence-corrected chi connectivity index (χ1v) is 48.7. The van der Waals surface area contributed by atoms with Gasteiger partial charge in [0.1, 0.15) is 52.9 Å². The molecular weight excluding hydrogens is 1790 g/mol. The van der Waals surface area contributed by atoms with Crippen LogP contribution in [0.25, 0.3) is 11.4 Å². The van der Waals surface area contributed by atoms with Gasteiger partial charge in [0, 0.05) is 165 Å². The Labute approximate surface area is 841 Å². The Hall–Kier alpha value is -13.9. The minimum absolute atomic E-state index is 0.000253. The number of rotatable bonds is 35. The molecule has 3 aliphatic rings. The van der Waals surface area contributed by atoms with Crippen molar-refractivity contribution >= 4 is 105 Å². The Bertz CT molecular complexity index is 5780. The first-order chi connectivity index (χ1) is 66.9. The minimum atomic E-state index is -0.187. The van der Waals surface area contributed by atoms with E-state index in [0.717, 1.165) is 105 Å². The van der Waals surface area contributed by atoms with Crippen LogP contribution in [-0.2, 0) is 0 Å². The molecule has 3 atom stereocenters. The van der Waals surface area contributed by atoms with Gasteiger partial charge < -0.3 is 97.5 Å². The van der Waals surface area contributed by atoms with Crippen LogP contribution in [0.15, 0.2) is 79.1 Å². The van der Waals surface area contributed by atoms with E-state index in [1.54, 1.807) is 57.5 Å². The van der Waals surface area contributed by atoms with E-state index in [4.69, 9.17) is 34.6 Å². The number of hydrogen-bond acceptors (Lipinski definition) is 33. The van der Waals surface area contributed by atoms with Crippen molar-refractivity contribution in [1.29, 1.82) is 21.0 Å². The molecular formula is C105H153N33O4. The Morgan fingerprint density at radius 1 is 0.465 bits per heavy atom. The van der Waals surface area contributed by atoms with Crippen molar-refractivity contribution in [2.45, 2.75) is 188 Å². The minimum Gasteiger partial charge on any atom is -0.463 e. The zero-order valence-electron chi connectivity index (χ0n) is 89.2. The average molecular weight is 1940 g/mol. The maximum Gasteiger partial charge on any atom is 0.320 e. The van der Waals surface area contributed by atoms with Crippen LogP contribution in [0.2, 0.25) is 0 Å². The quantitative estimate of drug-likeness (QED) is 0.0175. The Balaban J connectivity index is 0.000000211. The predicted octanol–water partition coefficient (Wildman–Crippen LogP) is 15.9. The number of aromatic nitrogens is 11. The molecule has 3 amide bonds. The second-order valence-corrected chi connectivity index (χ2v) is 43.1. The molecule has 12 N–H and O–H groups in total. The number of benzene rings is 4. The summed E-state index contributed by atoms with van der Waals surface area (Å²) in [7, 11) is 21.0. The Kier molecular flexibility index (Phi) is 39.4. The highest BCUT2D eigenvalue weighted by molar-refractivity contribution is 5.97. The predicted molar refractivity (Wildman–Crippen MR) is 572 cm³/mol. The second kappa shape index (κ2) is 50.0. The molecule has 37 heteroatoms. The fourth-order valence-electron chi connectivity index (χ4n) is 17.5. The molecule has 9 aromatic rings. The monoisotopic (exact) mass is 1940 g/mol. The largest absolute Gasteiger partial charge is 0.463 e. The number of hydrogen-bond donors (Lipinski definition) is 12. The van der Waals surface area contributed by atoms with Gasteiger partial charge in [0.25, 0.3) is 17.7 Å². The van der Waals surface area contributed by atoms with Crippen LogP contribution >= 0.6 is 0 Å². The van der Waals surface area contributed by atoms with Crippen molar-refractivity contribution in [3.8, 4) is 41.7 Å². The molecule has 0 spiro atoms. The number of H-pyrrole nitrogens is 1. The van der Waals surface area contributed by atoms with Gasteiger partial charge in [0.15, 0.2) is 52.4 Å². The van der Waals surface area contributed by atoms with Crippen molar-refractivity contribution in [1.82, 2.24) is 91.0 Å². The molecule has 3 fully saturated rings. The number of carbonyl (C=O) groups is 3. The van der Waals surface area contributed by atoms with Crippen molar-refractivity contribution < 1.29 is 19.1 Å². The van der Waals surface area contributed by atoms with E-state index in [1.165, 1.54) is 32.0 Å². The first kappa shape index (κ1) is 112. The molecule has 762 valence electrons. The number of anilines is 15.